The van der Waals surface area contributed by atoms with Gasteiger partial charge >= 0.3 is 6.09 Å². The van der Waals surface area contributed by atoms with E-state index in [1.807, 2.05) is 20.8 Å². The van der Waals surface area contributed by atoms with Gasteiger partial charge in [-0.15, -0.1) is 0 Å². The van der Waals surface area contributed by atoms with Gasteiger partial charge in [0.25, 0.3) is 0 Å². The highest BCUT2D eigenvalue weighted by Crippen LogP contribution is 2.20. The summed E-state index contributed by atoms with van der Waals surface area (Å²) in [5, 5.41) is 6.57. The van der Waals surface area contributed by atoms with E-state index in [0.717, 1.165) is 25.8 Å². The highest BCUT2D eigenvalue weighted by molar-refractivity contribution is 5.68. The van der Waals surface area contributed by atoms with Crippen LogP contribution in [0.5, 0.6) is 0 Å². The molecule has 0 radical (unpaired) electrons. The first-order valence-corrected chi connectivity index (χ1v) is 8.12. The van der Waals surface area contributed by atoms with E-state index < -0.39 is 5.60 Å². The fraction of sp³-hybridized carbons (Fsp3) is 0.611. The van der Waals surface area contributed by atoms with Crippen LogP contribution in [-0.2, 0) is 11.3 Å². The number of hydrogen-bond donors (Lipinski definition) is 2. The molecule has 1 aromatic carbocycles. The zero-order chi connectivity index (χ0) is 16.2. The van der Waals surface area contributed by atoms with Gasteiger partial charge in [-0.25, -0.2) is 4.79 Å². The predicted molar refractivity (Wildman–Crippen MR) is 88.8 cm³/mol. The molecule has 2 rings (SSSR count). The van der Waals surface area contributed by atoms with E-state index in [1.165, 1.54) is 11.1 Å². The molecule has 1 aromatic rings. The number of benzene rings is 1. The van der Waals surface area contributed by atoms with Crippen LogP contribution < -0.4 is 10.6 Å². The summed E-state index contributed by atoms with van der Waals surface area (Å²) in [6.45, 7) is 8.57. The van der Waals surface area contributed by atoms with Crippen molar-refractivity contribution >= 4 is 6.09 Å². The smallest absolute Gasteiger partial charge is 0.407 e. The lowest BCUT2D eigenvalue weighted by atomic mass is 10.1. The summed E-state index contributed by atoms with van der Waals surface area (Å²) in [5.74, 6) is 0. The Morgan fingerprint density at radius 2 is 1.82 bits per heavy atom. The molecule has 1 aliphatic carbocycles. The fourth-order valence-corrected chi connectivity index (χ4v) is 2.79. The number of rotatable bonds is 4. The lowest BCUT2D eigenvalue weighted by Crippen LogP contribution is -2.47. The molecular weight excluding hydrogens is 276 g/mol. The predicted octanol–water partition coefficient (Wildman–Crippen LogP) is 3.53. The highest BCUT2D eigenvalue weighted by atomic mass is 16.6. The minimum Gasteiger partial charge on any atom is -0.444 e. The van der Waals surface area contributed by atoms with E-state index in [0.29, 0.717) is 6.04 Å². The molecule has 0 saturated heterocycles. The van der Waals surface area contributed by atoms with Gasteiger partial charge in [0.05, 0.1) is 0 Å². The molecule has 122 valence electrons. The second kappa shape index (κ2) is 7.14. The van der Waals surface area contributed by atoms with Gasteiger partial charge in [-0.2, -0.15) is 0 Å². The molecule has 2 N–H and O–H groups in total. The van der Waals surface area contributed by atoms with Crippen LogP contribution in [0.4, 0.5) is 4.79 Å². The third-order valence-electron chi connectivity index (χ3n) is 3.91. The highest BCUT2D eigenvalue weighted by Gasteiger charge is 2.29. The van der Waals surface area contributed by atoms with Crippen LogP contribution in [0.1, 0.15) is 51.2 Å². The molecule has 0 aliphatic heterocycles. The van der Waals surface area contributed by atoms with E-state index >= 15 is 0 Å². The lowest BCUT2D eigenvalue weighted by Gasteiger charge is -2.25. The van der Waals surface area contributed by atoms with Crippen LogP contribution in [0.2, 0.25) is 0 Å². The van der Waals surface area contributed by atoms with E-state index in [2.05, 4.69) is 41.8 Å². The van der Waals surface area contributed by atoms with E-state index in [4.69, 9.17) is 4.74 Å². The van der Waals surface area contributed by atoms with Crippen molar-refractivity contribution < 1.29 is 9.53 Å². The molecule has 22 heavy (non-hydrogen) atoms. The van der Waals surface area contributed by atoms with Crippen molar-refractivity contribution in [1.29, 1.82) is 0 Å². The van der Waals surface area contributed by atoms with Gasteiger partial charge in [-0.1, -0.05) is 29.8 Å². The molecular formula is C18H28N2O2. The topological polar surface area (TPSA) is 50.4 Å². The fourth-order valence-electron chi connectivity index (χ4n) is 2.79. The van der Waals surface area contributed by atoms with Gasteiger partial charge < -0.3 is 15.4 Å². The van der Waals surface area contributed by atoms with E-state index in [9.17, 15) is 4.79 Å². The Labute approximate surface area is 133 Å². The summed E-state index contributed by atoms with van der Waals surface area (Å²) >= 11 is 0. The Bertz CT molecular complexity index is 491. The maximum Gasteiger partial charge on any atom is 0.407 e. The van der Waals surface area contributed by atoms with Crippen LogP contribution in [0.15, 0.2) is 24.3 Å². The van der Waals surface area contributed by atoms with E-state index in [1.54, 1.807) is 0 Å². The SMILES string of the molecule is Cc1ccc(CNC2CCCC2NC(=O)OC(C)(C)C)cc1. The Hall–Kier alpha value is -1.55. The molecule has 4 heteroatoms. The molecule has 1 fully saturated rings. The average molecular weight is 304 g/mol. The maximum absolute atomic E-state index is 11.9. The monoisotopic (exact) mass is 304 g/mol. The maximum atomic E-state index is 11.9. The van der Waals surface area contributed by atoms with Crippen molar-refractivity contribution in [2.24, 2.45) is 0 Å². The molecule has 1 amide bonds. The number of carbonyl (C=O) groups excluding carboxylic acids is 1. The Morgan fingerprint density at radius 1 is 1.18 bits per heavy atom. The number of alkyl carbamates (subject to hydrolysis) is 1. The van der Waals surface area contributed by atoms with Gasteiger partial charge in [-0.05, 0) is 52.5 Å². The van der Waals surface area contributed by atoms with Gasteiger partial charge in [0.15, 0.2) is 0 Å². The molecule has 0 bridgehead atoms. The van der Waals surface area contributed by atoms with Crippen LogP contribution >= 0.6 is 0 Å². The first-order valence-electron chi connectivity index (χ1n) is 8.12. The number of amides is 1. The number of hydrogen-bond acceptors (Lipinski definition) is 3. The van der Waals surface area contributed by atoms with Gasteiger partial charge in [0.1, 0.15) is 5.60 Å². The Balaban J connectivity index is 1.82. The molecule has 0 heterocycles. The minimum atomic E-state index is -0.451. The first kappa shape index (κ1) is 16.8. The summed E-state index contributed by atoms with van der Waals surface area (Å²) in [5.41, 5.74) is 2.09. The second-order valence-electron chi connectivity index (χ2n) is 7.16. The number of carbonyl (C=O) groups is 1. The molecule has 2 unspecified atom stereocenters. The zero-order valence-corrected chi connectivity index (χ0v) is 14.1. The summed E-state index contributed by atoms with van der Waals surface area (Å²) in [4.78, 5) is 11.9. The lowest BCUT2D eigenvalue weighted by molar-refractivity contribution is 0.0498. The Kier molecular flexibility index (Phi) is 5.46. The summed E-state index contributed by atoms with van der Waals surface area (Å²) < 4.78 is 5.35. The average Bonchev–Trinajstić information content (AvgIpc) is 2.83. The normalized spacial score (nSPS) is 21.6. The Morgan fingerprint density at radius 3 is 2.45 bits per heavy atom. The number of nitrogens with one attached hydrogen (secondary N) is 2. The third kappa shape index (κ3) is 5.34. The van der Waals surface area contributed by atoms with Crippen molar-refractivity contribution in [3.63, 3.8) is 0 Å². The minimum absolute atomic E-state index is 0.153. The van der Waals surface area contributed by atoms with Crippen molar-refractivity contribution in [3.05, 3.63) is 35.4 Å². The molecule has 1 aliphatic rings. The summed E-state index contributed by atoms with van der Waals surface area (Å²) in [6, 6.07) is 9.01. The largest absolute Gasteiger partial charge is 0.444 e. The van der Waals surface area contributed by atoms with Crippen LogP contribution in [0.25, 0.3) is 0 Å². The van der Waals surface area contributed by atoms with Crippen molar-refractivity contribution in [2.75, 3.05) is 0 Å². The van der Waals surface area contributed by atoms with Crippen molar-refractivity contribution in [2.45, 2.75) is 71.2 Å². The van der Waals surface area contributed by atoms with E-state index in [-0.39, 0.29) is 12.1 Å². The summed E-state index contributed by atoms with van der Waals surface area (Å²) in [7, 11) is 0. The van der Waals surface area contributed by atoms with Crippen LogP contribution in [0.3, 0.4) is 0 Å². The zero-order valence-electron chi connectivity index (χ0n) is 14.1. The van der Waals surface area contributed by atoms with Gasteiger partial charge in [0, 0.05) is 18.6 Å². The van der Waals surface area contributed by atoms with Gasteiger partial charge in [0.2, 0.25) is 0 Å². The van der Waals surface area contributed by atoms with Crippen LogP contribution in [-0.4, -0.2) is 23.8 Å². The molecule has 4 nitrogen and oxygen atoms in total. The van der Waals surface area contributed by atoms with Gasteiger partial charge in [-0.3, -0.25) is 0 Å². The summed E-state index contributed by atoms with van der Waals surface area (Å²) in [6.07, 6.45) is 2.91. The van der Waals surface area contributed by atoms with Crippen LogP contribution in [0, 0.1) is 6.92 Å². The molecule has 0 spiro atoms. The number of aryl methyl sites for hydroxylation is 1. The standard InChI is InChI=1S/C18H28N2O2/c1-13-8-10-14(11-9-13)12-19-15-6-5-7-16(15)20-17(21)22-18(2,3)4/h8-11,15-16,19H,5-7,12H2,1-4H3,(H,20,21). The van der Waals surface area contributed by atoms with Crippen molar-refractivity contribution in [1.82, 2.24) is 10.6 Å². The first-order chi connectivity index (χ1) is 10.3. The van der Waals surface area contributed by atoms with Crippen molar-refractivity contribution in [3.8, 4) is 0 Å². The second-order valence-corrected chi connectivity index (χ2v) is 7.16. The molecule has 0 aromatic heterocycles. The number of ether oxygens (including phenoxy) is 1. The quantitative estimate of drug-likeness (QED) is 0.894. The molecule has 1 saturated carbocycles. The molecule has 2 atom stereocenters. The third-order valence-corrected chi connectivity index (χ3v) is 3.91.